The van der Waals surface area contributed by atoms with Gasteiger partial charge < -0.3 is 17.7 Å². The smallest absolute Gasteiger partial charge is 0.452 e. The molecule has 0 spiro atoms. The maximum Gasteiger partial charge on any atom is 0.751 e. The Morgan fingerprint density at radius 1 is 0.938 bits per heavy atom. The molecule has 1 radical (unpaired) electrons. The van der Waals surface area contributed by atoms with Gasteiger partial charge in [0, 0.05) is 77.6 Å². The van der Waals surface area contributed by atoms with Gasteiger partial charge in [0.05, 0.1) is 0 Å². The summed E-state index contributed by atoms with van der Waals surface area (Å²) >= 11 is 0. The molecule has 0 atom stereocenters. The first-order valence-corrected chi connectivity index (χ1v) is 6.91. The molecule has 5 nitrogen and oxygen atoms in total. The summed E-state index contributed by atoms with van der Waals surface area (Å²) < 4.78 is 21.1. The largest absolute Gasteiger partial charge is 0.751 e. The predicted octanol–water partition coefficient (Wildman–Crippen LogP) is 1.10. The third-order valence-corrected chi connectivity index (χ3v) is 3.90. The number of carbonyl (C=O) groups excluding carboxylic acids is 1. The van der Waals surface area contributed by atoms with Crippen molar-refractivity contribution in [3.05, 3.63) is 0 Å². The van der Waals surface area contributed by atoms with Crippen molar-refractivity contribution in [2.75, 3.05) is 19.8 Å². The molecular formula is C9H20KO5Si. The Morgan fingerprint density at radius 3 is 1.56 bits per heavy atom. The fourth-order valence-corrected chi connectivity index (χ4v) is 2.87. The molecule has 0 saturated carbocycles. The van der Waals surface area contributed by atoms with Crippen LogP contribution in [0.2, 0.25) is 0 Å². The quantitative estimate of drug-likeness (QED) is 0.621. The zero-order valence-electron chi connectivity index (χ0n) is 10.9. The second kappa shape index (κ2) is 11.3. The van der Waals surface area contributed by atoms with E-state index in [4.69, 9.17) is 17.7 Å². The van der Waals surface area contributed by atoms with Crippen LogP contribution in [0.5, 0.6) is 0 Å². The fourth-order valence-electron chi connectivity index (χ4n) is 0.955. The molecule has 7 heteroatoms. The minimum absolute atomic E-state index is 0. The molecule has 0 aliphatic heterocycles. The average molecular weight is 275 g/mol. The third kappa shape index (κ3) is 7.51. The standard InChI is InChI=1S/C9H20O5Si.K/c1-5-9(10)14-15(11-6-2,12-7-3)13-8-4;/h5-8H2,1-4H3;. The molecule has 0 aromatic carbocycles. The van der Waals surface area contributed by atoms with Gasteiger partial charge in [0.2, 0.25) is 0 Å². The monoisotopic (exact) mass is 275 g/mol. The van der Waals surface area contributed by atoms with Crippen molar-refractivity contribution in [2.45, 2.75) is 34.1 Å². The van der Waals surface area contributed by atoms with Crippen molar-refractivity contribution in [1.29, 1.82) is 0 Å². The van der Waals surface area contributed by atoms with Crippen LogP contribution in [0, 0.1) is 0 Å². The second-order valence-corrected chi connectivity index (χ2v) is 4.70. The van der Waals surface area contributed by atoms with Crippen molar-refractivity contribution in [2.24, 2.45) is 0 Å². The van der Waals surface area contributed by atoms with Gasteiger partial charge >= 0.3 is 9.05 Å². The average Bonchev–Trinajstić information content (AvgIpc) is 2.18. The topological polar surface area (TPSA) is 54.0 Å². The van der Waals surface area contributed by atoms with E-state index in [1.54, 1.807) is 27.7 Å². The third-order valence-electron chi connectivity index (χ3n) is 1.49. The number of hydrogen-bond donors (Lipinski definition) is 0. The summed E-state index contributed by atoms with van der Waals surface area (Å²) in [5.41, 5.74) is 0. The Labute approximate surface area is 141 Å². The van der Waals surface area contributed by atoms with Gasteiger partial charge in [-0.1, -0.05) is 6.92 Å². The summed E-state index contributed by atoms with van der Waals surface area (Å²) in [4.78, 5) is 11.2. The van der Waals surface area contributed by atoms with E-state index >= 15 is 0 Å². The summed E-state index contributed by atoms with van der Waals surface area (Å²) in [6.45, 7) is 8.31. The number of carbonyl (C=O) groups is 1. The maximum atomic E-state index is 11.2. The molecule has 0 aromatic heterocycles. The summed E-state index contributed by atoms with van der Waals surface area (Å²) in [7, 11) is -3.23. The Bertz CT molecular complexity index is 174. The van der Waals surface area contributed by atoms with E-state index in [-0.39, 0.29) is 63.8 Å². The molecule has 0 bridgehead atoms. The SMILES string of the molecule is CCO[Si](OCC)(OCC)OC(=O)CC.[K]. The van der Waals surface area contributed by atoms with Gasteiger partial charge in [0.15, 0.2) is 0 Å². The second-order valence-electron chi connectivity index (χ2n) is 2.63. The van der Waals surface area contributed by atoms with Crippen LogP contribution in [0.15, 0.2) is 0 Å². The van der Waals surface area contributed by atoms with Crippen LogP contribution in [0.1, 0.15) is 34.1 Å². The Morgan fingerprint density at radius 2 is 1.31 bits per heavy atom. The fraction of sp³-hybridized carbons (Fsp3) is 0.889. The Balaban J connectivity index is 0. The van der Waals surface area contributed by atoms with Crippen LogP contribution in [0.3, 0.4) is 0 Å². The van der Waals surface area contributed by atoms with Crippen LogP contribution in [-0.4, -0.2) is 86.2 Å². The molecule has 16 heavy (non-hydrogen) atoms. The Kier molecular flexibility index (Phi) is 13.8. The molecule has 0 N–H and O–H groups in total. The molecule has 0 unspecified atom stereocenters. The predicted molar refractivity (Wildman–Crippen MR) is 62.8 cm³/mol. The van der Waals surface area contributed by atoms with E-state index in [9.17, 15) is 4.79 Å². The van der Waals surface area contributed by atoms with E-state index in [2.05, 4.69) is 0 Å². The van der Waals surface area contributed by atoms with Crippen LogP contribution < -0.4 is 0 Å². The molecule has 0 rings (SSSR count). The van der Waals surface area contributed by atoms with Crippen molar-refractivity contribution >= 4 is 66.4 Å². The van der Waals surface area contributed by atoms with Crippen molar-refractivity contribution in [3.63, 3.8) is 0 Å². The molecule has 0 amide bonds. The van der Waals surface area contributed by atoms with Gasteiger partial charge in [0.25, 0.3) is 5.97 Å². The summed E-state index contributed by atoms with van der Waals surface area (Å²) in [6.07, 6.45) is 0.280. The van der Waals surface area contributed by atoms with Crippen LogP contribution in [0.4, 0.5) is 0 Å². The van der Waals surface area contributed by atoms with Crippen molar-refractivity contribution < 1.29 is 22.5 Å². The first kappa shape index (κ1) is 19.5. The first-order chi connectivity index (χ1) is 7.14. The van der Waals surface area contributed by atoms with E-state index in [0.717, 1.165) is 0 Å². The van der Waals surface area contributed by atoms with E-state index in [1.807, 2.05) is 0 Å². The summed E-state index contributed by atoms with van der Waals surface area (Å²) in [5, 5.41) is 0. The number of rotatable bonds is 8. The van der Waals surface area contributed by atoms with Gasteiger partial charge in [-0.15, -0.1) is 0 Å². The zero-order chi connectivity index (χ0) is 11.7. The molecule has 0 aliphatic rings. The zero-order valence-corrected chi connectivity index (χ0v) is 15.0. The van der Waals surface area contributed by atoms with E-state index < -0.39 is 9.05 Å². The van der Waals surface area contributed by atoms with Crippen LogP contribution in [0.25, 0.3) is 0 Å². The van der Waals surface area contributed by atoms with Crippen molar-refractivity contribution in [3.8, 4) is 0 Å². The maximum absolute atomic E-state index is 11.2. The molecule has 0 aromatic rings. The molecule has 0 saturated heterocycles. The minimum atomic E-state index is -3.23. The van der Waals surface area contributed by atoms with Gasteiger partial charge in [-0.05, 0) is 20.8 Å². The van der Waals surface area contributed by atoms with E-state index in [0.29, 0.717) is 19.8 Å². The summed E-state index contributed by atoms with van der Waals surface area (Å²) in [6, 6.07) is 0. The molecule has 0 aliphatic carbocycles. The van der Waals surface area contributed by atoms with E-state index in [1.165, 1.54) is 0 Å². The molecule has 0 heterocycles. The summed E-state index contributed by atoms with van der Waals surface area (Å²) in [5.74, 6) is -0.364. The van der Waals surface area contributed by atoms with Gasteiger partial charge in [-0.2, -0.15) is 0 Å². The van der Waals surface area contributed by atoms with Gasteiger partial charge in [-0.25, -0.2) is 0 Å². The van der Waals surface area contributed by atoms with Gasteiger partial charge in [-0.3, -0.25) is 4.79 Å². The first-order valence-electron chi connectivity index (χ1n) is 5.27. The van der Waals surface area contributed by atoms with Gasteiger partial charge in [0.1, 0.15) is 0 Å². The number of hydrogen-bond acceptors (Lipinski definition) is 5. The molecule has 91 valence electrons. The molecule has 0 fully saturated rings. The Hall–Kier alpha value is 1.20. The molecular weight excluding hydrogens is 255 g/mol. The minimum Gasteiger partial charge on any atom is -0.452 e. The van der Waals surface area contributed by atoms with Crippen LogP contribution >= 0.6 is 0 Å². The normalized spacial score (nSPS) is 10.8. The van der Waals surface area contributed by atoms with Crippen molar-refractivity contribution in [1.82, 2.24) is 0 Å². The van der Waals surface area contributed by atoms with Crippen LogP contribution in [-0.2, 0) is 22.5 Å².